The van der Waals surface area contributed by atoms with Crippen molar-refractivity contribution in [2.24, 2.45) is 12.8 Å². The second kappa shape index (κ2) is 6.73. The number of amides is 1. The van der Waals surface area contributed by atoms with Gasteiger partial charge in [-0.15, -0.1) is 0 Å². The monoisotopic (exact) mass is 282 g/mol. The number of hydrogen-bond donors (Lipinski definition) is 2. The minimum absolute atomic E-state index is 0.217. The zero-order chi connectivity index (χ0) is 15.2. The average Bonchev–Trinajstić information content (AvgIpc) is 2.92. The molecule has 0 aliphatic rings. The van der Waals surface area contributed by atoms with Crippen LogP contribution in [0.25, 0.3) is 0 Å². The molecule has 1 amide bonds. The molecule has 0 aliphatic carbocycles. The number of nitrogens with one attached hydrogen (secondary N) is 1. The molecule has 0 unspecified atom stereocenters. The maximum Gasteiger partial charge on any atom is 0.275 e. The Balaban J connectivity index is 2.21. The summed E-state index contributed by atoms with van der Waals surface area (Å²) in [6.07, 6.45) is 4.08. The van der Waals surface area contributed by atoms with Crippen molar-refractivity contribution in [3.8, 4) is 11.8 Å². The Hall–Kier alpha value is -2.58. The number of carbonyl (C=O) groups excluding carboxylic acids is 1. The molecule has 1 aromatic heterocycles. The van der Waals surface area contributed by atoms with Crippen LogP contribution < -0.4 is 11.1 Å². The predicted molar refractivity (Wildman–Crippen MR) is 82.9 cm³/mol. The van der Waals surface area contributed by atoms with E-state index in [4.69, 9.17) is 5.73 Å². The smallest absolute Gasteiger partial charge is 0.275 e. The van der Waals surface area contributed by atoms with E-state index in [0.717, 1.165) is 23.2 Å². The highest BCUT2D eigenvalue weighted by Crippen LogP contribution is 2.18. The molecular weight excluding hydrogens is 264 g/mol. The number of carbonyl (C=O) groups is 1. The van der Waals surface area contributed by atoms with Gasteiger partial charge in [-0.05, 0) is 30.2 Å². The summed E-state index contributed by atoms with van der Waals surface area (Å²) in [5, 5.41) is 2.89. The van der Waals surface area contributed by atoms with E-state index < -0.39 is 0 Å². The minimum Gasteiger partial charge on any atom is -0.340 e. The highest BCUT2D eigenvalue weighted by atomic mass is 16.1. The van der Waals surface area contributed by atoms with E-state index in [2.05, 4.69) is 22.1 Å². The van der Waals surface area contributed by atoms with Gasteiger partial charge >= 0.3 is 0 Å². The standard InChI is InChI=1S/C16H18N4O/c1-3-13-9-12(5-4-8-17)6-7-14(13)19-16(21)15-10-20(2)11-18-15/h6-7,9-11H,3,8,17H2,1-2H3,(H,19,21). The maximum absolute atomic E-state index is 12.1. The summed E-state index contributed by atoms with van der Waals surface area (Å²) in [5.74, 6) is 5.60. The third-order valence-electron chi connectivity index (χ3n) is 3.01. The van der Waals surface area contributed by atoms with E-state index >= 15 is 0 Å². The molecule has 2 rings (SSSR count). The summed E-state index contributed by atoms with van der Waals surface area (Å²) >= 11 is 0. The van der Waals surface area contributed by atoms with Crippen LogP contribution in [0.15, 0.2) is 30.7 Å². The number of aryl methyl sites for hydroxylation is 2. The van der Waals surface area contributed by atoms with E-state index in [1.54, 1.807) is 17.1 Å². The van der Waals surface area contributed by atoms with E-state index in [-0.39, 0.29) is 5.91 Å². The largest absolute Gasteiger partial charge is 0.340 e. The molecule has 0 aliphatic heterocycles. The van der Waals surface area contributed by atoms with Crippen LogP contribution >= 0.6 is 0 Å². The Kier molecular flexibility index (Phi) is 4.75. The first-order valence-electron chi connectivity index (χ1n) is 6.75. The number of rotatable bonds is 3. The van der Waals surface area contributed by atoms with Crippen LogP contribution in [0.5, 0.6) is 0 Å². The van der Waals surface area contributed by atoms with Crippen molar-refractivity contribution in [1.82, 2.24) is 9.55 Å². The minimum atomic E-state index is -0.217. The molecule has 0 saturated heterocycles. The summed E-state index contributed by atoms with van der Waals surface area (Å²) in [5.41, 5.74) is 8.48. The first-order chi connectivity index (χ1) is 10.1. The number of hydrogen-bond acceptors (Lipinski definition) is 3. The quantitative estimate of drug-likeness (QED) is 0.839. The molecule has 0 spiro atoms. The van der Waals surface area contributed by atoms with Gasteiger partial charge in [0.15, 0.2) is 0 Å². The van der Waals surface area contributed by atoms with Gasteiger partial charge in [-0.2, -0.15) is 0 Å². The number of anilines is 1. The fourth-order valence-electron chi connectivity index (χ4n) is 1.96. The van der Waals surface area contributed by atoms with Crippen molar-refractivity contribution in [2.75, 3.05) is 11.9 Å². The van der Waals surface area contributed by atoms with Gasteiger partial charge in [0.25, 0.3) is 5.91 Å². The van der Waals surface area contributed by atoms with E-state index in [1.807, 2.05) is 32.2 Å². The fourth-order valence-corrected chi connectivity index (χ4v) is 1.96. The summed E-state index contributed by atoms with van der Waals surface area (Å²) < 4.78 is 1.74. The van der Waals surface area contributed by atoms with Crippen LogP contribution in [-0.4, -0.2) is 22.0 Å². The molecule has 0 atom stereocenters. The summed E-state index contributed by atoms with van der Waals surface area (Å²) in [6, 6.07) is 5.70. The molecule has 21 heavy (non-hydrogen) atoms. The molecule has 0 saturated carbocycles. The van der Waals surface area contributed by atoms with E-state index in [9.17, 15) is 4.79 Å². The molecule has 1 aromatic carbocycles. The van der Waals surface area contributed by atoms with Crippen LogP contribution in [0.1, 0.15) is 28.5 Å². The van der Waals surface area contributed by atoms with Crippen LogP contribution in [0.3, 0.4) is 0 Å². The van der Waals surface area contributed by atoms with Crippen LogP contribution in [-0.2, 0) is 13.5 Å². The van der Waals surface area contributed by atoms with E-state index in [0.29, 0.717) is 12.2 Å². The molecule has 5 nitrogen and oxygen atoms in total. The summed E-state index contributed by atoms with van der Waals surface area (Å²) in [6.45, 7) is 2.37. The van der Waals surface area contributed by atoms with Gasteiger partial charge in [0.1, 0.15) is 5.69 Å². The molecule has 0 fully saturated rings. The van der Waals surface area contributed by atoms with Crippen molar-refractivity contribution < 1.29 is 4.79 Å². The highest BCUT2D eigenvalue weighted by Gasteiger charge is 2.11. The van der Waals surface area contributed by atoms with Crippen molar-refractivity contribution >= 4 is 11.6 Å². The van der Waals surface area contributed by atoms with Gasteiger partial charge in [-0.1, -0.05) is 18.8 Å². The highest BCUT2D eigenvalue weighted by molar-refractivity contribution is 6.03. The molecule has 3 N–H and O–H groups in total. The van der Waals surface area contributed by atoms with Crippen LogP contribution in [0.2, 0.25) is 0 Å². The number of benzene rings is 1. The Morgan fingerprint density at radius 1 is 1.48 bits per heavy atom. The Bertz CT molecular complexity index is 707. The van der Waals surface area contributed by atoms with Gasteiger partial charge < -0.3 is 15.6 Å². The van der Waals surface area contributed by atoms with Gasteiger partial charge in [0.05, 0.1) is 12.9 Å². The second-order valence-corrected chi connectivity index (χ2v) is 4.61. The lowest BCUT2D eigenvalue weighted by Crippen LogP contribution is -2.13. The van der Waals surface area contributed by atoms with Crippen LogP contribution in [0.4, 0.5) is 5.69 Å². The summed E-state index contributed by atoms with van der Waals surface area (Å²) in [7, 11) is 1.83. The number of aromatic nitrogens is 2. The van der Waals surface area contributed by atoms with Gasteiger partial charge in [0.2, 0.25) is 0 Å². The predicted octanol–water partition coefficient (Wildman–Crippen LogP) is 1.55. The average molecular weight is 282 g/mol. The van der Waals surface area contributed by atoms with Crippen molar-refractivity contribution in [3.05, 3.63) is 47.5 Å². The molecule has 2 aromatic rings. The fraction of sp³-hybridized carbons (Fsp3) is 0.250. The zero-order valence-corrected chi connectivity index (χ0v) is 12.2. The first-order valence-corrected chi connectivity index (χ1v) is 6.75. The third-order valence-corrected chi connectivity index (χ3v) is 3.01. The Morgan fingerprint density at radius 3 is 2.90 bits per heavy atom. The van der Waals surface area contributed by atoms with Crippen LogP contribution in [0, 0.1) is 11.8 Å². The second-order valence-electron chi connectivity index (χ2n) is 4.61. The summed E-state index contributed by atoms with van der Waals surface area (Å²) in [4.78, 5) is 16.2. The molecule has 1 heterocycles. The van der Waals surface area contributed by atoms with Gasteiger partial charge in [-0.3, -0.25) is 4.79 Å². The topological polar surface area (TPSA) is 72.9 Å². The maximum atomic E-state index is 12.1. The Morgan fingerprint density at radius 2 is 2.29 bits per heavy atom. The van der Waals surface area contributed by atoms with Crippen molar-refractivity contribution in [3.63, 3.8) is 0 Å². The lowest BCUT2D eigenvalue weighted by Gasteiger charge is -2.09. The molecule has 0 bridgehead atoms. The van der Waals surface area contributed by atoms with E-state index in [1.165, 1.54) is 0 Å². The third kappa shape index (κ3) is 3.71. The van der Waals surface area contributed by atoms with Gasteiger partial charge in [0, 0.05) is 24.5 Å². The lowest BCUT2D eigenvalue weighted by molar-refractivity contribution is 0.102. The Labute approximate surface area is 124 Å². The van der Waals surface area contributed by atoms with Crippen molar-refractivity contribution in [2.45, 2.75) is 13.3 Å². The molecular formula is C16H18N4O. The lowest BCUT2D eigenvalue weighted by atomic mass is 10.1. The number of nitrogens with zero attached hydrogens (tertiary/aromatic N) is 2. The zero-order valence-electron chi connectivity index (χ0n) is 12.2. The SMILES string of the molecule is CCc1cc(C#CCN)ccc1NC(=O)c1cn(C)cn1. The molecule has 5 heteroatoms. The number of imidazole rings is 1. The van der Waals surface area contributed by atoms with Gasteiger partial charge in [-0.25, -0.2) is 4.98 Å². The molecule has 108 valence electrons. The first kappa shape index (κ1) is 14.8. The molecule has 0 radical (unpaired) electrons. The normalized spacial score (nSPS) is 9.86. The number of nitrogens with two attached hydrogens (primary N) is 1. The van der Waals surface area contributed by atoms with Crippen molar-refractivity contribution in [1.29, 1.82) is 0 Å².